The summed E-state index contributed by atoms with van der Waals surface area (Å²) in [6, 6.07) is 0. The van der Waals surface area contributed by atoms with Gasteiger partial charge in [0.1, 0.15) is 6.73 Å². The lowest BCUT2D eigenvalue weighted by atomic mass is 10.1. The van der Waals surface area contributed by atoms with E-state index >= 15 is 0 Å². The third kappa shape index (κ3) is 5.78. The van der Waals surface area contributed by atoms with Gasteiger partial charge in [0, 0.05) is 13.7 Å². The SMILES string of the molecule is CCNC(=O)C(C)(C)/N=N\C(C)(C)C(=O)NCOC. The van der Waals surface area contributed by atoms with Gasteiger partial charge in [-0.2, -0.15) is 10.2 Å². The second-order valence-electron chi connectivity index (χ2n) is 5.12. The largest absolute Gasteiger partial charge is 0.364 e. The van der Waals surface area contributed by atoms with Crippen molar-refractivity contribution in [2.24, 2.45) is 10.2 Å². The summed E-state index contributed by atoms with van der Waals surface area (Å²) >= 11 is 0. The molecule has 19 heavy (non-hydrogen) atoms. The molecule has 0 fully saturated rings. The second-order valence-corrected chi connectivity index (χ2v) is 5.12. The number of hydrogen-bond acceptors (Lipinski definition) is 5. The highest BCUT2D eigenvalue weighted by atomic mass is 16.5. The van der Waals surface area contributed by atoms with Gasteiger partial charge in [-0.1, -0.05) is 0 Å². The molecule has 0 aromatic carbocycles. The molecule has 7 nitrogen and oxygen atoms in total. The smallest absolute Gasteiger partial charge is 0.251 e. The third-order valence-corrected chi connectivity index (χ3v) is 2.38. The fourth-order valence-corrected chi connectivity index (χ4v) is 1.07. The molecule has 0 aromatic rings. The van der Waals surface area contributed by atoms with E-state index in [4.69, 9.17) is 4.74 Å². The molecule has 7 heteroatoms. The molecule has 0 spiro atoms. The van der Waals surface area contributed by atoms with Crippen molar-refractivity contribution in [3.8, 4) is 0 Å². The fraction of sp³-hybridized carbons (Fsp3) is 0.833. The number of amides is 2. The number of nitrogens with zero attached hydrogens (tertiary/aromatic N) is 2. The minimum atomic E-state index is -1.05. The first-order chi connectivity index (χ1) is 8.67. The minimum Gasteiger partial charge on any atom is -0.364 e. The van der Waals surface area contributed by atoms with E-state index in [1.54, 1.807) is 27.7 Å². The summed E-state index contributed by atoms with van der Waals surface area (Å²) in [7, 11) is 1.48. The van der Waals surface area contributed by atoms with Gasteiger partial charge in [0.2, 0.25) is 5.91 Å². The van der Waals surface area contributed by atoms with Crippen LogP contribution in [0.2, 0.25) is 0 Å². The Balaban J connectivity index is 4.75. The highest BCUT2D eigenvalue weighted by molar-refractivity contribution is 5.86. The normalized spacial score (nSPS) is 12.5. The maximum atomic E-state index is 11.8. The van der Waals surface area contributed by atoms with E-state index in [9.17, 15) is 9.59 Å². The highest BCUT2D eigenvalue weighted by Gasteiger charge is 2.31. The molecule has 0 rings (SSSR count). The molecule has 0 unspecified atom stereocenters. The lowest BCUT2D eigenvalue weighted by Crippen LogP contribution is -2.43. The number of carbonyl (C=O) groups is 2. The number of likely N-dealkylation sites (N-methyl/N-ethyl adjacent to an activating group) is 1. The van der Waals surface area contributed by atoms with Crippen LogP contribution in [0.5, 0.6) is 0 Å². The van der Waals surface area contributed by atoms with Crippen LogP contribution in [0.4, 0.5) is 0 Å². The molecular weight excluding hydrogens is 248 g/mol. The van der Waals surface area contributed by atoms with Gasteiger partial charge >= 0.3 is 0 Å². The molecule has 0 aliphatic rings. The molecule has 0 heterocycles. The van der Waals surface area contributed by atoms with Crippen LogP contribution < -0.4 is 10.6 Å². The first-order valence-electron chi connectivity index (χ1n) is 6.17. The lowest BCUT2D eigenvalue weighted by Gasteiger charge is -2.21. The van der Waals surface area contributed by atoms with Crippen molar-refractivity contribution in [3.63, 3.8) is 0 Å². The van der Waals surface area contributed by atoms with Crippen LogP contribution in [0.25, 0.3) is 0 Å². The van der Waals surface area contributed by atoms with Gasteiger partial charge in [-0.05, 0) is 34.6 Å². The van der Waals surface area contributed by atoms with Crippen molar-refractivity contribution in [1.82, 2.24) is 10.6 Å². The molecule has 0 saturated heterocycles. The average Bonchev–Trinajstić information content (AvgIpc) is 2.34. The van der Waals surface area contributed by atoms with Crippen LogP contribution >= 0.6 is 0 Å². The Labute approximate surface area is 114 Å². The Morgan fingerprint density at radius 3 is 1.79 bits per heavy atom. The quantitative estimate of drug-likeness (QED) is 0.531. The molecule has 0 aliphatic carbocycles. The van der Waals surface area contributed by atoms with Crippen LogP contribution in [-0.2, 0) is 14.3 Å². The van der Waals surface area contributed by atoms with Gasteiger partial charge in [0.05, 0.1) is 0 Å². The zero-order valence-electron chi connectivity index (χ0n) is 12.5. The summed E-state index contributed by atoms with van der Waals surface area (Å²) in [5.41, 5.74) is -2.06. The first kappa shape index (κ1) is 17.5. The highest BCUT2D eigenvalue weighted by Crippen LogP contribution is 2.16. The van der Waals surface area contributed by atoms with Crippen molar-refractivity contribution < 1.29 is 14.3 Å². The first-order valence-corrected chi connectivity index (χ1v) is 6.17. The van der Waals surface area contributed by atoms with Crippen LogP contribution in [0.1, 0.15) is 34.6 Å². The van der Waals surface area contributed by atoms with Crippen molar-refractivity contribution >= 4 is 11.8 Å². The zero-order chi connectivity index (χ0) is 15.1. The number of hydrogen-bond donors (Lipinski definition) is 2. The maximum absolute atomic E-state index is 11.8. The number of nitrogens with one attached hydrogen (secondary N) is 2. The summed E-state index contributed by atoms with van der Waals surface area (Å²) in [4.78, 5) is 23.5. The number of methoxy groups -OCH3 is 1. The Hall–Kier alpha value is -1.50. The molecule has 0 radical (unpaired) electrons. The minimum absolute atomic E-state index is 0.109. The number of rotatable bonds is 7. The average molecular weight is 272 g/mol. The molecule has 0 aromatic heterocycles. The van der Waals surface area contributed by atoms with Gasteiger partial charge in [-0.15, -0.1) is 0 Å². The number of ether oxygens (including phenoxy) is 1. The van der Waals surface area contributed by atoms with Crippen LogP contribution in [0.15, 0.2) is 10.2 Å². The molecular formula is C12H24N4O3. The Kier molecular flexibility index (Phi) is 6.61. The predicted octanol–water partition coefficient (Wildman–Crippen LogP) is 0.852. The van der Waals surface area contributed by atoms with Gasteiger partial charge < -0.3 is 15.4 Å². The Morgan fingerprint density at radius 2 is 1.42 bits per heavy atom. The fourth-order valence-electron chi connectivity index (χ4n) is 1.07. The molecule has 0 saturated carbocycles. The molecule has 2 N–H and O–H groups in total. The maximum Gasteiger partial charge on any atom is 0.251 e. The summed E-state index contributed by atoms with van der Waals surface area (Å²) in [6.45, 7) is 8.99. The van der Waals surface area contributed by atoms with E-state index in [0.717, 1.165) is 0 Å². The lowest BCUT2D eigenvalue weighted by molar-refractivity contribution is -0.128. The van der Waals surface area contributed by atoms with E-state index in [1.807, 2.05) is 6.92 Å². The molecule has 110 valence electrons. The van der Waals surface area contributed by atoms with Gasteiger partial charge in [0.15, 0.2) is 11.1 Å². The van der Waals surface area contributed by atoms with E-state index in [-0.39, 0.29) is 18.5 Å². The monoisotopic (exact) mass is 272 g/mol. The van der Waals surface area contributed by atoms with Gasteiger partial charge in [-0.25, -0.2) is 0 Å². The summed E-state index contributed by atoms with van der Waals surface area (Å²) < 4.78 is 4.75. The van der Waals surface area contributed by atoms with E-state index in [0.29, 0.717) is 6.54 Å². The van der Waals surface area contributed by atoms with Crippen LogP contribution in [0.3, 0.4) is 0 Å². The van der Waals surface area contributed by atoms with Crippen molar-refractivity contribution in [2.45, 2.75) is 45.7 Å². The second kappa shape index (κ2) is 7.18. The Morgan fingerprint density at radius 1 is 1.00 bits per heavy atom. The van der Waals surface area contributed by atoms with E-state index < -0.39 is 11.1 Å². The van der Waals surface area contributed by atoms with E-state index in [2.05, 4.69) is 20.9 Å². The van der Waals surface area contributed by atoms with Gasteiger partial charge in [-0.3, -0.25) is 9.59 Å². The summed E-state index contributed by atoms with van der Waals surface area (Å²) in [5, 5.41) is 13.2. The van der Waals surface area contributed by atoms with E-state index in [1.165, 1.54) is 7.11 Å². The number of carbonyl (C=O) groups excluding carboxylic acids is 2. The molecule has 0 atom stereocenters. The van der Waals surface area contributed by atoms with Crippen molar-refractivity contribution in [2.75, 3.05) is 20.4 Å². The zero-order valence-corrected chi connectivity index (χ0v) is 12.5. The van der Waals surface area contributed by atoms with Crippen LogP contribution in [0, 0.1) is 0 Å². The molecule has 2 amide bonds. The molecule has 0 aliphatic heterocycles. The Bertz CT molecular complexity index is 351. The van der Waals surface area contributed by atoms with Crippen molar-refractivity contribution in [1.29, 1.82) is 0 Å². The third-order valence-electron chi connectivity index (χ3n) is 2.38. The summed E-state index contributed by atoms with van der Waals surface area (Å²) in [6.07, 6.45) is 0. The van der Waals surface area contributed by atoms with Crippen molar-refractivity contribution in [3.05, 3.63) is 0 Å². The molecule has 0 bridgehead atoms. The standard InChI is InChI=1S/C12H24N4O3/c1-7-13-9(17)11(2,3)15-16-12(4,5)10(18)14-8-19-6/h7-8H2,1-6H3,(H,13,17)(H,14,18)/b16-15-. The summed E-state index contributed by atoms with van der Waals surface area (Å²) in [5.74, 6) is -0.545. The number of azo groups is 1. The van der Waals surface area contributed by atoms with Crippen LogP contribution in [-0.4, -0.2) is 43.3 Å². The predicted molar refractivity (Wildman–Crippen MR) is 71.7 cm³/mol. The topological polar surface area (TPSA) is 92.2 Å². The van der Waals surface area contributed by atoms with Gasteiger partial charge in [0.25, 0.3) is 5.91 Å².